The predicted octanol–water partition coefficient (Wildman–Crippen LogP) is 6.27. The molecule has 0 N–H and O–H groups in total. The lowest BCUT2D eigenvalue weighted by Crippen LogP contribution is -2.36. The zero-order chi connectivity index (χ0) is 19.5. The Bertz CT molecular complexity index is 303. The zero-order valence-corrected chi connectivity index (χ0v) is 18.5. The Morgan fingerprint density at radius 2 is 1.04 bits per heavy atom. The lowest BCUT2D eigenvalue weighted by Gasteiger charge is -2.23. The monoisotopic (exact) mass is 368 g/mol. The molecule has 0 aromatic carbocycles. The maximum Gasteiger partial charge on any atom is 0.222 e. The third-order valence-corrected chi connectivity index (χ3v) is 5.57. The second-order valence-corrected chi connectivity index (χ2v) is 7.83. The van der Waals surface area contributed by atoms with Crippen molar-refractivity contribution in [3.63, 3.8) is 0 Å². The van der Waals surface area contributed by atoms with Crippen LogP contribution in [0.15, 0.2) is 0 Å². The van der Waals surface area contributed by atoms with Gasteiger partial charge in [0.2, 0.25) is 5.91 Å². The number of carbonyl (C=O) groups is 1. The van der Waals surface area contributed by atoms with Gasteiger partial charge in [-0.15, -0.1) is 0 Å². The van der Waals surface area contributed by atoms with E-state index in [2.05, 4.69) is 25.7 Å². The highest BCUT2D eigenvalue weighted by Gasteiger charge is 2.09. The van der Waals surface area contributed by atoms with Gasteiger partial charge in [0.1, 0.15) is 0 Å². The standard InChI is InChI=1S/C23H48N2O/c1-5-8-9-10-11-12-13-14-15-16-17-18-19-20-23(26)24(4)21-22-25(6-2)7-3/h5-22H2,1-4H3. The molecule has 3 nitrogen and oxygen atoms in total. The molecule has 0 bridgehead atoms. The quantitative estimate of drug-likeness (QED) is 0.251. The van der Waals surface area contributed by atoms with Crippen LogP contribution in [-0.4, -0.2) is 48.9 Å². The first-order chi connectivity index (χ1) is 12.7. The van der Waals surface area contributed by atoms with Gasteiger partial charge in [-0.05, 0) is 19.5 Å². The normalized spacial score (nSPS) is 11.3. The van der Waals surface area contributed by atoms with Crippen LogP contribution in [0.25, 0.3) is 0 Å². The number of likely N-dealkylation sites (N-methyl/N-ethyl adjacent to an activating group) is 2. The van der Waals surface area contributed by atoms with Crippen LogP contribution in [0.1, 0.15) is 111 Å². The summed E-state index contributed by atoms with van der Waals surface area (Å²) in [4.78, 5) is 16.4. The number of amides is 1. The van der Waals surface area contributed by atoms with Crippen molar-refractivity contribution in [3.05, 3.63) is 0 Å². The topological polar surface area (TPSA) is 23.6 Å². The molecular weight excluding hydrogens is 320 g/mol. The van der Waals surface area contributed by atoms with Crippen LogP contribution in [-0.2, 0) is 4.79 Å². The van der Waals surface area contributed by atoms with Gasteiger partial charge in [0.25, 0.3) is 0 Å². The molecule has 0 heterocycles. The van der Waals surface area contributed by atoms with Crippen LogP contribution >= 0.6 is 0 Å². The molecule has 1 amide bonds. The van der Waals surface area contributed by atoms with Crippen molar-refractivity contribution in [3.8, 4) is 0 Å². The van der Waals surface area contributed by atoms with E-state index in [0.717, 1.165) is 39.0 Å². The molecular formula is C23H48N2O. The Hall–Kier alpha value is -0.570. The smallest absolute Gasteiger partial charge is 0.222 e. The number of nitrogens with zero attached hydrogens (tertiary/aromatic N) is 2. The van der Waals surface area contributed by atoms with Crippen LogP contribution in [0.4, 0.5) is 0 Å². The summed E-state index contributed by atoms with van der Waals surface area (Å²) in [6, 6.07) is 0. The van der Waals surface area contributed by atoms with Crippen molar-refractivity contribution < 1.29 is 4.79 Å². The van der Waals surface area contributed by atoms with Gasteiger partial charge >= 0.3 is 0 Å². The van der Waals surface area contributed by atoms with Crippen LogP contribution in [0.2, 0.25) is 0 Å². The molecule has 0 radical (unpaired) electrons. The average molecular weight is 369 g/mol. The third kappa shape index (κ3) is 15.7. The fraction of sp³-hybridized carbons (Fsp3) is 0.957. The van der Waals surface area contributed by atoms with Crippen molar-refractivity contribution in [1.82, 2.24) is 9.80 Å². The Morgan fingerprint density at radius 1 is 0.615 bits per heavy atom. The molecule has 156 valence electrons. The van der Waals surface area contributed by atoms with E-state index in [1.165, 1.54) is 77.0 Å². The second kappa shape index (κ2) is 19.2. The van der Waals surface area contributed by atoms with E-state index in [4.69, 9.17) is 0 Å². The minimum absolute atomic E-state index is 0.320. The number of hydrogen-bond acceptors (Lipinski definition) is 2. The van der Waals surface area contributed by atoms with E-state index in [1.54, 1.807) is 0 Å². The fourth-order valence-electron chi connectivity index (χ4n) is 3.44. The maximum atomic E-state index is 12.1. The predicted molar refractivity (Wildman–Crippen MR) is 116 cm³/mol. The Kier molecular flexibility index (Phi) is 18.8. The summed E-state index contributed by atoms with van der Waals surface area (Å²) in [5.41, 5.74) is 0. The lowest BCUT2D eigenvalue weighted by molar-refractivity contribution is -0.130. The summed E-state index contributed by atoms with van der Waals surface area (Å²) in [6.07, 6.45) is 18.3. The van der Waals surface area contributed by atoms with Gasteiger partial charge in [0, 0.05) is 26.6 Å². The van der Waals surface area contributed by atoms with E-state index in [0.29, 0.717) is 5.91 Å². The molecule has 0 unspecified atom stereocenters. The molecule has 0 saturated heterocycles. The van der Waals surface area contributed by atoms with Gasteiger partial charge in [-0.3, -0.25) is 4.79 Å². The first kappa shape index (κ1) is 25.4. The van der Waals surface area contributed by atoms with Gasteiger partial charge in [0.15, 0.2) is 0 Å². The number of rotatable bonds is 19. The SMILES string of the molecule is CCCCCCCCCCCCCCCC(=O)N(C)CCN(CC)CC. The van der Waals surface area contributed by atoms with Gasteiger partial charge in [-0.1, -0.05) is 97.8 Å². The molecule has 0 rings (SSSR count). The first-order valence-corrected chi connectivity index (χ1v) is 11.6. The van der Waals surface area contributed by atoms with Crippen molar-refractivity contribution in [1.29, 1.82) is 0 Å². The zero-order valence-electron chi connectivity index (χ0n) is 18.5. The Morgan fingerprint density at radius 3 is 1.46 bits per heavy atom. The van der Waals surface area contributed by atoms with Gasteiger partial charge in [-0.25, -0.2) is 0 Å². The molecule has 0 aromatic rings. The lowest BCUT2D eigenvalue weighted by atomic mass is 10.0. The van der Waals surface area contributed by atoms with E-state index >= 15 is 0 Å². The fourth-order valence-corrected chi connectivity index (χ4v) is 3.44. The molecule has 26 heavy (non-hydrogen) atoms. The largest absolute Gasteiger partial charge is 0.344 e. The highest BCUT2D eigenvalue weighted by molar-refractivity contribution is 5.75. The first-order valence-electron chi connectivity index (χ1n) is 11.6. The van der Waals surface area contributed by atoms with Crippen molar-refractivity contribution in [2.24, 2.45) is 0 Å². The number of carbonyl (C=O) groups excluding carboxylic acids is 1. The van der Waals surface area contributed by atoms with Crippen molar-refractivity contribution >= 4 is 5.91 Å². The van der Waals surface area contributed by atoms with Gasteiger partial charge in [-0.2, -0.15) is 0 Å². The van der Waals surface area contributed by atoms with Crippen LogP contribution < -0.4 is 0 Å². The molecule has 3 heteroatoms. The molecule has 0 spiro atoms. The van der Waals surface area contributed by atoms with Crippen LogP contribution in [0, 0.1) is 0 Å². The summed E-state index contributed by atoms with van der Waals surface area (Å²) >= 11 is 0. The summed E-state index contributed by atoms with van der Waals surface area (Å²) < 4.78 is 0. The molecule has 0 fully saturated rings. The summed E-state index contributed by atoms with van der Waals surface area (Å²) in [5.74, 6) is 0.320. The Balaban J connectivity index is 3.37. The Labute approximate surface area is 164 Å². The summed E-state index contributed by atoms with van der Waals surface area (Å²) in [5, 5.41) is 0. The summed E-state index contributed by atoms with van der Waals surface area (Å²) in [7, 11) is 1.95. The van der Waals surface area contributed by atoms with E-state index < -0.39 is 0 Å². The van der Waals surface area contributed by atoms with Crippen molar-refractivity contribution in [2.45, 2.75) is 111 Å². The third-order valence-electron chi connectivity index (χ3n) is 5.57. The van der Waals surface area contributed by atoms with E-state index in [9.17, 15) is 4.79 Å². The molecule has 0 atom stereocenters. The molecule has 0 aliphatic heterocycles. The minimum Gasteiger partial charge on any atom is -0.344 e. The minimum atomic E-state index is 0.320. The highest BCUT2D eigenvalue weighted by Crippen LogP contribution is 2.13. The van der Waals surface area contributed by atoms with Gasteiger partial charge < -0.3 is 9.80 Å². The molecule has 0 aromatic heterocycles. The number of unbranched alkanes of at least 4 members (excludes halogenated alkanes) is 12. The van der Waals surface area contributed by atoms with Crippen LogP contribution in [0.5, 0.6) is 0 Å². The van der Waals surface area contributed by atoms with Gasteiger partial charge in [0.05, 0.1) is 0 Å². The summed E-state index contributed by atoms with van der Waals surface area (Å²) in [6.45, 7) is 10.6. The second-order valence-electron chi connectivity index (χ2n) is 7.83. The molecule has 0 saturated carbocycles. The average Bonchev–Trinajstić information content (AvgIpc) is 2.65. The van der Waals surface area contributed by atoms with Crippen LogP contribution in [0.3, 0.4) is 0 Å². The van der Waals surface area contributed by atoms with E-state index in [1.807, 2.05) is 11.9 Å². The molecule has 0 aliphatic carbocycles. The highest BCUT2D eigenvalue weighted by atomic mass is 16.2. The number of hydrogen-bond donors (Lipinski definition) is 0. The maximum absolute atomic E-state index is 12.1. The molecule has 0 aliphatic rings. The van der Waals surface area contributed by atoms with Crippen molar-refractivity contribution in [2.75, 3.05) is 33.2 Å². The van der Waals surface area contributed by atoms with E-state index in [-0.39, 0.29) is 0 Å².